The molecule has 0 aliphatic rings. The molecule has 0 aliphatic heterocycles. The van der Waals surface area contributed by atoms with Crippen LogP contribution >= 0.6 is 11.8 Å². The van der Waals surface area contributed by atoms with Crippen LogP contribution in [0.1, 0.15) is 25.0 Å². The zero-order valence-corrected chi connectivity index (χ0v) is 17.1. The van der Waals surface area contributed by atoms with Crippen molar-refractivity contribution in [3.8, 4) is 5.75 Å². The number of thioether (sulfide) groups is 1. The Morgan fingerprint density at radius 3 is 2.78 bits per heavy atom. The summed E-state index contributed by atoms with van der Waals surface area (Å²) in [4.78, 5) is 21.8. The van der Waals surface area contributed by atoms with Crippen molar-refractivity contribution >= 4 is 40.9 Å². The minimum absolute atomic E-state index is 0.245. The first-order chi connectivity index (χ1) is 12.8. The number of amides is 1. The summed E-state index contributed by atoms with van der Waals surface area (Å²) in [6.07, 6.45) is 6.89. The zero-order valence-electron chi connectivity index (χ0n) is 16.3. The van der Waals surface area contributed by atoms with Crippen molar-refractivity contribution < 1.29 is 14.4 Å². The second-order valence-electron chi connectivity index (χ2n) is 6.60. The maximum Gasteiger partial charge on any atom is 0.272 e. The van der Waals surface area contributed by atoms with Crippen LogP contribution in [0.2, 0.25) is 0 Å². The number of rotatable bonds is 8. The van der Waals surface area contributed by atoms with Crippen LogP contribution in [0.15, 0.2) is 36.1 Å². The number of nitrogens with zero attached hydrogens (tertiary/aromatic N) is 2. The Labute approximate surface area is 164 Å². The van der Waals surface area contributed by atoms with E-state index in [2.05, 4.69) is 26.9 Å². The number of pyridine rings is 1. The Hall–Kier alpha value is -2.54. The molecule has 2 rings (SSSR count). The van der Waals surface area contributed by atoms with Crippen molar-refractivity contribution in [2.45, 2.75) is 31.7 Å². The molecule has 7 heteroatoms. The smallest absolute Gasteiger partial charge is 0.272 e. The highest BCUT2D eigenvalue weighted by atomic mass is 32.2. The summed E-state index contributed by atoms with van der Waals surface area (Å²) in [6.45, 7) is 9.40. The monoisotopic (exact) mass is 387 g/mol. The lowest BCUT2D eigenvalue weighted by molar-refractivity contribution is -0.125. The third-order valence-electron chi connectivity index (χ3n) is 3.80. The molecule has 144 valence electrons. The molecule has 0 spiro atoms. The molecule has 6 nitrogen and oxygen atoms in total. The summed E-state index contributed by atoms with van der Waals surface area (Å²) < 4.78 is 5.96. The molecule has 1 N–H and O–H groups in total. The van der Waals surface area contributed by atoms with Crippen LogP contribution in [-0.2, 0) is 9.63 Å². The van der Waals surface area contributed by atoms with E-state index in [1.54, 1.807) is 12.3 Å². The van der Waals surface area contributed by atoms with Crippen molar-refractivity contribution in [3.05, 3.63) is 42.1 Å². The maximum atomic E-state index is 12.6. The normalized spacial score (nSPS) is 12.8. The SMILES string of the molecule is C=Cc1cnc2c(C)cc(OC(SC)C(=O)NC(C)(C)C=NOC)cc2c1. The van der Waals surface area contributed by atoms with E-state index in [1.807, 2.05) is 45.2 Å². The van der Waals surface area contributed by atoms with Crippen molar-refractivity contribution in [2.24, 2.45) is 5.16 Å². The predicted molar refractivity (Wildman–Crippen MR) is 112 cm³/mol. The number of carbonyl (C=O) groups excluding carboxylic acids is 1. The van der Waals surface area contributed by atoms with E-state index < -0.39 is 11.0 Å². The van der Waals surface area contributed by atoms with Gasteiger partial charge in [0.25, 0.3) is 5.91 Å². The second-order valence-corrected chi connectivity index (χ2v) is 7.50. The summed E-state index contributed by atoms with van der Waals surface area (Å²) in [7, 11) is 1.46. The van der Waals surface area contributed by atoms with Gasteiger partial charge in [-0.2, -0.15) is 0 Å². The minimum Gasteiger partial charge on any atom is -0.470 e. The lowest BCUT2D eigenvalue weighted by Gasteiger charge is -2.24. The lowest BCUT2D eigenvalue weighted by atomic mass is 10.1. The average Bonchev–Trinajstić information content (AvgIpc) is 2.63. The lowest BCUT2D eigenvalue weighted by Crippen LogP contribution is -2.49. The fourth-order valence-electron chi connectivity index (χ4n) is 2.52. The number of oxime groups is 1. The molecule has 1 atom stereocenters. The van der Waals surface area contributed by atoms with E-state index in [9.17, 15) is 4.79 Å². The summed E-state index contributed by atoms with van der Waals surface area (Å²) in [5, 5.41) is 7.56. The van der Waals surface area contributed by atoms with Crippen LogP contribution < -0.4 is 10.1 Å². The first-order valence-electron chi connectivity index (χ1n) is 8.41. The highest BCUT2D eigenvalue weighted by molar-refractivity contribution is 7.99. The molecule has 0 radical (unpaired) electrons. The number of carbonyl (C=O) groups is 1. The van der Waals surface area contributed by atoms with Crippen LogP contribution in [0, 0.1) is 6.92 Å². The number of benzene rings is 1. The first-order valence-corrected chi connectivity index (χ1v) is 9.70. The third kappa shape index (κ3) is 5.47. The molecule has 0 saturated carbocycles. The third-order valence-corrected chi connectivity index (χ3v) is 4.54. The van der Waals surface area contributed by atoms with Gasteiger partial charge in [-0.3, -0.25) is 9.78 Å². The highest BCUT2D eigenvalue weighted by Crippen LogP contribution is 2.26. The molecular weight excluding hydrogens is 362 g/mol. The predicted octanol–water partition coefficient (Wildman–Crippen LogP) is 3.78. The number of ether oxygens (including phenoxy) is 1. The number of hydrogen-bond donors (Lipinski definition) is 1. The molecule has 2 aromatic rings. The van der Waals surface area contributed by atoms with E-state index in [4.69, 9.17) is 4.74 Å². The molecule has 1 unspecified atom stereocenters. The van der Waals surface area contributed by atoms with Crippen molar-refractivity contribution in [1.82, 2.24) is 10.3 Å². The molecule has 1 amide bonds. The van der Waals surface area contributed by atoms with Gasteiger partial charge in [0.1, 0.15) is 12.9 Å². The fraction of sp³-hybridized carbons (Fsp3) is 0.350. The molecule has 0 saturated heterocycles. The summed E-state index contributed by atoms with van der Waals surface area (Å²) in [6, 6.07) is 5.76. The van der Waals surface area contributed by atoms with E-state index >= 15 is 0 Å². The van der Waals surface area contributed by atoms with Gasteiger partial charge in [-0.1, -0.05) is 17.8 Å². The molecule has 0 bridgehead atoms. The molecule has 27 heavy (non-hydrogen) atoms. The van der Waals surface area contributed by atoms with E-state index in [1.165, 1.54) is 25.1 Å². The van der Waals surface area contributed by atoms with E-state index in [0.717, 1.165) is 22.0 Å². The van der Waals surface area contributed by atoms with Crippen molar-refractivity contribution in [2.75, 3.05) is 13.4 Å². The van der Waals surface area contributed by atoms with Crippen LogP contribution in [0.25, 0.3) is 17.0 Å². The van der Waals surface area contributed by atoms with Gasteiger partial charge in [-0.15, -0.1) is 11.8 Å². The number of nitrogens with one attached hydrogen (secondary N) is 1. The Morgan fingerprint density at radius 2 is 2.15 bits per heavy atom. The number of aryl methyl sites for hydroxylation is 1. The number of fused-ring (bicyclic) bond motifs is 1. The number of hydrogen-bond acceptors (Lipinski definition) is 6. The van der Waals surface area contributed by atoms with Gasteiger partial charge >= 0.3 is 0 Å². The Morgan fingerprint density at radius 1 is 1.41 bits per heavy atom. The van der Waals surface area contributed by atoms with Gasteiger partial charge < -0.3 is 14.9 Å². The van der Waals surface area contributed by atoms with Crippen molar-refractivity contribution in [1.29, 1.82) is 0 Å². The summed E-state index contributed by atoms with van der Waals surface area (Å²) in [5.41, 5.74) is 1.44. The van der Waals surface area contributed by atoms with Gasteiger partial charge in [0, 0.05) is 11.6 Å². The number of aromatic nitrogens is 1. The summed E-state index contributed by atoms with van der Waals surface area (Å²) in [5.74, 6) is 0.367. The summed E-state index contributed by atoms with van der Waals surface area (Å²) >= 11 is 1.31. The van der Waals surface area contributed by atoms with Crippen molar-refractivity contribution in [3.63, 3.8) is 0 Å². The van der Waals surface area contributed by atoms with Gasteiger partial charge in [0.2, 0.25) is 5.44 Å². The zero-order chi connectivity index (χ0) is 20.0. The van der Waals surface area contributed by atoms with Crippen LogP contribution in [0.5, 0.6) is 5.75 Å². The fourth-order valence-corrected chi connectivity index (χ4v) is 3.00. The highest BCUT2D eigenvalue weighted by Gasteiger charge is 2.26. The van der Waals surface area contributed by atoms with E-state index in [-0.39, 0.29) is 5.91 Å². The van der Waals surface area contributed by atoms with E-state index in [0.29, 0.717) is 5.75 Å². The standard InChI is InChI=1S/C20H25N3O3S/c1-7-14-9-15-10-16(8-13(2)17(15)21-11-14)26-19(27-6)18(24)23-20(3,4)12-22-25-5/h7-12,19H,1H2,2-6H3,(H,23,24). The molecule has 0 aliphatic carbocycles. The minimum atomic E-state index is -0.701. The Balaban J connectivity index is 2.23. The quantitative estimate of drug-likeness (QED) is 0.424. The molecule has 1 aromatic carbocycles. The topological polar surface area (TPSA) is 72.8 Å². The Bertz CT molecular complexity index is 865. The molecule has 0 fully saturated rings. The van der Waals surface area contributed by atoms with Crippen LogP contribution in [0.3, 0.4) is 0 Å². The Kier molecular flexibility index (Phi) is 6.85. The van der Waals surface area contributed by atoms with Crippen LogP contribution in [-0.4, -0.2) is 41.4 Å². The van der Waals surface area contributed by atoms with Gasteiger partial charge in [-0.25, -0.2) is 0 Å². The van der Waals surface area contributed by atoms with Gasteiger partial charge in [-0.05, 0) is 56.4 Å². The first kappa shape index (κ1) is 20.8. The average molecular weight is 388 g/mol. The maximum absolute atomic E-state index is 12.6. The largest absolute Gasteiger partial charge is 0.470 e. The molecule has 1 heterocycles. The van der Waals surface area contributed by atoms with Crippen LogP contribution in [0.4, 0.5) is 0 Å². The second kappa shape index (κ2) is 8.90. The molecular formula is C20H25N3O3S. The van der Waals surface area contributed by atoms with Gasteiger partial charge in [0.05, 0.1) is 17.3 Å². The van der Waals surface area contributed by atoms with Gasteiger partial charge in [0.15, 0.2) is 0 Å². The molecule has 1 aromatic heterocycles.